The molecule has 0 heterocycles. The van der Waals surface area contributed by atoms with Crippen LogP contribution in [0.5, 0.6) is 0 Å². The second-order valence-corrected chi connectivity index (χ2v) is 6.39. The lowest BCUT2D eigenvalue weighted by Crippen LogP contribution is -2.42. The molecule has 1 N–H and O–H groups in total. The van der Waals surface area contributed by atoms with Gasteiger partial charge >= 0.3 is 0 Å². The van der Waals surface area contributed by atoms with Crippen LogP contribution in [0.15, 0.2) is 24.3 Å². The topological polar surface area (TPSA) is 15.3 Å². The highest BCUT2D eigenvalue weighted by Crippen LogP contribution is 2.10. The van der Waals surface area contributed by atoms with Gasteiger partial charge in [0.15, 0.2) is 0 Å². The number of hydrogen-bond donors (Lipinski definition) is 1. The summed E-state index contributed by atoms with van der Waals surface area (Å²) in [6, 6.07) is 7.77. The molecule has 0 saturated carbocycles. The minimum Gasteiger partial charge on any atom is -0.312 e. The van der Waals surface area contributed by atoms with Crippen molar-refractivity contribution in [1.82, 2.24) is 10.2 Å². The summed E-state index contributed by atoms with van der Waals surface area (Å²) >= 11 is 0. The number of nitrogens with one attached hydrogen (secondary N) is 1. The van der Waals surface area contributed by atoms with E-state index in [0.717, 1.165) is 18.5 Å². The highest BCUT2D eigenvalue weighted by atomic mass is 19.1. The lowest BCUT2D eigenvalue weighted by Gasteiger charge is -2.28. The third-order valence-corrected chi connectivity index (χ3v) is 3.61. The molecule has 1 rings (SSSR count). The van der Waals surface area contributed by atoms with Gasteiger partial charge in [-0.1, -0.05) is 26.0 Å². The van der Waals surface area contributed by atoms with E-state index in [1.54, 1.807) is 12.1 Å². The van der Waals surface area contributed by atoms with Crippen molar-refractivity contribution in [3.63, 3.8) is 0 Å². The van der Waals surface area contributed by atoms with Crippen LogP contribution in [-0.2, 0) is 6.42 Å². The summed E-state index contributed by atoms with van der Waals surface area (Å²) in [5.41, 5.74) is 1.05. The first kappa shape index (κ1) is 17.1. The zero-order valence-corrected chi connectivity index (χ0v) is 13.5. The summed E-state index contributed by atoms with van der Waals surface area (Å²) in [6.45, 7) is 7.65. The molecule has 0 saturated heterocycles. The fourth-order valence-corrected chi connectivity index (χ4v) is 2.45. The predicted octanol–water partition coefficient (Wildman–Crippen LogP) is 3.32. The van der Waals surface area contributed by atoms with Crippen LogP contribution in [0.25, 0.3) is 0 Å². The highest BCUT2D eigenvalue weighted by molar-refractivity contribution is 5.17. The van der Waals surface area contributed by atoms with Crippen molar-refractivity contribution >= 4 is 0 Å². The first-order valence-corrected chi connectivity index (χ1v) is 7.52. The van der Waals surface area contributed by atoms with Gasteiger partial charge in [-0.15, -0.1) is 0 Å². The molecule has 0 aliphatic heterocycles. The second-order valence-electron chi connectivity index (χ2n) is 6.39. The smallest absolute Gasteiger partial charge is 0.123 e. The van der Waals surface area contributed by atoms with Crippen molar-refractivity contribution < 1.29 is 4.39 Å². The van der Waals surface area contributed by atoms with E-state index < -0.39 is 0 Å². The molecule has 3 heteroatoms. The third-order valence-electron chi connectivity index (χ3n) is 3.61. The monoisotopic (exact) mass is 280 g/mol. The predicted molar refractivity (Wildman–Crippen MR) is 84.5 cm³/mol. The average molecular weight is 280 g/mol. The molecule has 1 aromatic rings. The molecule has 0 aromatic heterocycles. The van der Waals surface area contributed by atoms with Gasteiger partial charge in [-0.25, -0.2) is 4.39 Å². The van der Waals surface area contributed by atoms with Gasteiger partial charge in [0.1, 0.15) is 5.82 Å². The Labute approximate surface area is 123 Å². The van der Waals surface area contributed by atoms with E-state index in [-0.39, 0.29) is 5.82 Å². The molecule has 0 bridgehead atoms. The Morgan fingerprint density at radius 3 is 2.45 bits per heavy atom. The molecular formula is C17H29FN2. The van der Waals surface area contributed by atoms with Gasteiger partial charge in [0.25, 0.3) is 0 Å². The summed E-state index contributed by atoms with van der Waals surface area (Å²) in [4.78, 5) is 2.28. The van der Waals surface area contributed by atoms with Crippen molar-refractivity contribution in [3.8, 4) is 0 Å². The van der Waals surface area contributed by atoms with Crippen LogP contribution in [0.3, 0.4) is 0 Å². The summed E-state index contributed by atoms with van der Waals surface area (Å²) in [7, 11) is 4.26. The quantitative estimate of drug-likeness (QED) is 0.786. The lowest BCUT2D eigenvalue weighted by atomic mass is 10.0. The van der Waals surface area contributed by atoms with Crippen LogP contribution in [0, 0.1) is 11.7 Å². The van der Waals surface area contributed by atoms with E-state index in [9.17, 15) is 4.39 Å². The molecule has 20 heavy (non-hydrogen) atoms. The standard InChI is InChI=1S/C17H29FN2/c1-13(2)9-17(20(4)5)12-19-14(3)10-15-7-6-8-16(18)11-15/h6-8,11,13-14,17,19H,9-10,12H2,1-5H3. The molecule has 2 atom stereocenters. The van der Waals surface area contributed by atoms with Crippen LogP contribution in [0.4, 0.5) is 4.39 Å². The van der Waals surface area contributed by atoms with E-state index in [1.807, 2.05) is 6.07 Å². The maximum absolute atomic E-state index is 13.2. The van der Waals surface area contributed by atoms with E-state index in [1.165, 1.54) is 12.5 Å². The maximum atomic E-state index is 13.2. The second kappa shape index (κ2) is 8.38. The van der Waals surface area contributed by atoms with Crippen molar-refractivity contribution in [3.05, 3.63) is 35.6 Å². The molecule has 2 nitrogen and oxygen atoms in total. The molecule has 0 fully saturated rings. The molecule has 1 aromatic carbocycles. The summed E-state index contributed by atoms with van der Waals surface area (Å²) in [6.07, 6.45) is 2.05. The van der Waals surface area contributed by atoms with Crippen LogP contribution in [-0.4, -0.2) is 37.6 Å². The van der Waals surface area contributed by atoms with E-state index >= 15 is 0 Å². The number of nitrogens with zero attached hydrogens (tertiary/aromatic N) is 1. The number of hydrogen-bond acceptors (Lipinski definition) is 2. The molecule has 0 amide bonds. The highest BCUT2D eigenvalue weighted by Gasteiger charge is 2.14. The van der Waals surface area contributed by atoms with Crippen LogP contribution in [0.2, 0.25) is 0 Å². The van der Waals surface area contributed by atoms with Crippen molar-refractivity contribution in [2.75, 3.05) is 20.6 Å². The Balaban J connectivity index is 2.43. The molecular weight excluding hydrogens is 251 g/mol. The summed E-state index contributed by atoms with van der Waals surface area (Å²) in [5, 5.41) is 3.57. The Morgan fingerprint density at radius 2 is 1.90 bits per heavy atom. The van der Waals surface area contributed by atoms with Gasteiger partial charge in [-0.3, -0.25) is 0 Å². The minimum absolute atomic E-state index is 0.152. The lowest BCUT2D eigenvalue weighted by molar-refractivity contribution is 0.241. The molecule has 0 radical (unpaired) electrons. The Hall–Kier alpha value is -0.930. The van der Waals surface area contributed by atoms with E-state index in [4.69, 9.17) is 0 Å². The molecule has 0 spiro atoms. The van der Waals surface area contributed by atoms with Crippen molar-refractivity contribution in [1.29, 1.82) is 0 Å². The van der Waals surface area contributed by atoms with Gasteiger partial charge in [0, 0.05) is 18.6 Å². The molecule has 114 valence electrons. The van der Waals surface area contributed by atoms with Crippen LogP contribution < -0.4 is 5.32 Å². The molecule has 0 aliphatic carbocycles. The summed E-state index contributed by atoms with van der Waals surface area (Å²) < 4.78 is 13.2. The number of benzene rings is 1. The molecule has 2 unspecified atom stereocenters. The summed E-state index contributed by atoms with van der Waals surface area (Å²) in [5.74, 6) is 0.545. The van der Waals surface area contributed by atoms with Gasteiger partial charge < -0.3 is 10.2 Å². The maximum Gasteiger partial charge on any atom is 0.123 e. The number of likely N-dealkylation sites (N-methyl/N-ethyl adjacent to an activating group) is 1. The van der Waals surface area contributed by atoms with Gasteiger partial charge in [-0.05, 0) is 57.5 Å². The third kappa shape index (κ3) is 6.49. The number of rotatable bonds is 8. The van der Waals surface area contributed by atoms with Crippen LogP contribution in [0.1, 0.15) is 32.8 Å². The first-order valence-electron chi connectivity index (χ1n) is 7.52. The number of halogens is 1. The molecule has 0 aliphatic rings. The fourth-order valence-electron chi connectivity index (χ4n) is 2.45. The average Bonchev–Trinajstić information content (AvgIpc) is 2.33. The largest absolute Gasteiger partial charge is 0.312 e. The fraction of sp³-hybridized carbons (Fsp3) is 0.647. The van der Waals surface area contributed by atoms with Crippen molar-refractivity contribution in [2.24, 2.45) is 5.92 Å². The zero-order chi connectivity index (χ0) is 15.1. The van der Waals surface area contributed by atoms with Crippen LogP contribution >= 0.6 is 0 Å². The SMILES string of the molecule is CC(C)CC(CNC(C)Cc1cccc(F)c1)N(C)C. The Bertz CT molecular complexity index is 390. The van der Waals surface area contributed by atoms with Gasteiger partial charge in [0.05, 0.1) is 0 Å². The van der Waals surface area contributed by atoms with Crippen molar-refractivity contribution in [2.45, 2.75) is 45.7 Å². The van der Waals surface area contributed by atoms with Gasteiger partial charge in [-0.2, -0.15) is 0 Å². The normalized spacial score (nSPS) is 14.8. The van der Waals surface area contributed by atoms with Gasteiger partial charge in [0.2, 0.25) is 0 Å². The first-order chi connectivity index (χ1) is 9.38. The Kier molecular flexibility index (Phi) is 7.17. The van der Waals surface area contributed by atoms with E-state index in [2.05, 4.69) is 45.1 Å². The van der Waals surface area contributed by atoms with E-state index in [0.29, 0.717) is 18.0 Å². The minimum atomic E-state index is -0.152. The zero-order valence-electron chi connectivity index (χ0n) is 13.5. The Morgan fingerprint density at radius 1 is 1.20 bits per heavy atom.